The Labute approximate surface area is 132 Å². The molecule has 1 heterocycles. The first-order valence-corrected chi connectivity index (χ1v) is 9.03. The van der Waals surface area contributed by atoms with Gasteiger partial charge in [-0.2, -0.15) is 0 Å². The molecule has 0 aliphatic heterocycles. The first-order chi connectivity index (χ1) is 10.7. The van der Waals surface area contributed by atoms with E-state index in [1.807, 2.05) is 0 Å². The maximum Gasteiger partial charge on any atom is 0.287 e. The molecule has 0 spiro atoms. The van der Waals surface area contributed by atoms with Crippen molar-refractivity contribution in [2.45, 2.75) is 64.3 Å². The van der Waals surface area contributed by atoms with Gasteiger partial charge in [-0.1, -0.05) is 13.3 Å². The molecule has 0 aromatic carbocycles. The Balaban J connectivity index is 1.55. The van der Waals surface area contributed by atoms with Gasteiger partial charge in [0.15, 0.2) is 5.76 Å². The summed E-state index contributed by atoms with van der Waals surface area (Å²) in [6, 6.07) is 3.87. The van der Waals surface area contributed by atoms with Gasteiger partial charge in [0.1, 0.15) is 0 Å². The summed E-state index contributed by atoms with van der Waals surface area (Å²) in [4.78, 5) is 12.5. The molecule has 1 aromatic heterocycles. The molecule has 22 heavy (non-hydrogen) atoms. The zero-order valence-corrected chi connectivity index (χ0v) is 13.5. The third-order valence-electron chi connectivity index (χ3n) is 6.45. The molecule has 1 unspecified atom stereocenters. The van der Waals surface area contributed by atoms with Crippen LogP contribution < -0.4 is 5.32 Å². The van der Waals surface area contributed by atoms with E-state index in [-0.39, 0.29) is 5.91 Å². The summed E-state index contributed by atoms with van der Waals surface area (Å²) in [5.41, 5.74) is 0.368. The van der Waals surface area contributed by atoms with Crippen LogP contribution in [-0.4, -0.2) is 11.9 Å². The minimum atomic E-state index is -0.0285. The SMILES string of the molecule is CCCC(NC(=O)c1ccco1)C12CC3CC(CC(C3)C1)C2. The average Bonchev–Trinajstić information content (AvgIpc) is 2.99. The molecule has 4 aliphatic rings. The van der Waals surface area contributed by atoms with Crippen molar-refractivity contribution < 1.29 is 9.21 Å². The molecule has 0 radical (unpaired) electrons. The molecule has 4 aliphatic carbocycles. The molecule has 0 saturated heterocycles. The summed E-state index contributed by atoms with van der Waals surface area (Å²) in [5.74, 6) is 3.19. The monoisotopic (exact) mass is 301 g/mol. The summed E-state index contributed by atoms with van der Waals surface area (Å²) >= 11 is 0. The van der Waals surface area contributed by atoms with Gasteiger partial charge in [0.25, 0.3) is 5.91 Å². The van der Waals surface area contributed by atoms with Crippen LogP contribution in [0.25, 0.3) is 0 Å². The van der Waals surface area contributed by atoms with Crippen molar-refractivity contribution in [2.24, 2.45) is 23.2 Å². The van der Waals surface area contributed by atoms with Crippen LogP contribution in [0.5, 0.6) is 0 Å². The summed E-state index contributed by atoms with van der Waals surface area (Å²) in [5, 5.41) is 3.34. The highest BCUT2D eigenvalue weighted by atomic mass is 16.3. The van der Waals surface area contributed by atoms with Crippen LogP contribution in [-0.2, 0) is 0 Å². The van der Waals surface area contributed by atoms with Crippen LogP contribution in [0.4, 0.5) is 0 Å². The number of hydrogen-bond donors (Lipinski definition) is 1. The van der Waals surface area contributed by atoms with Gasteiger partial charge in [-0.15, -0.1) is 0 Å². The number of rotatable bonds is 5. The van der Waals surface area contributed by atoms with Crippen molar-refractivity contribution in [2.75, 3.05) is 0 Å². The number of hydrogen-bond acceptors (Lipinski definition) is 2. The van der Waals surface area contributed by atoms with Gasteiger partial charge < -0.3 is 9.73 Å². The normalized spacial score (nSPS) is 37.2. The van der Waals surface area contributed by atoms with Crippen LogP contribution in [0.15, 0.2) is 22.8 Å². The lowest BCUT2D eigenvalue weighted by molar-refractivity contribution is -0.0737. The Morgan fingerprint density at radius 2 is 1.91 bits per heavy atom. The first kappa shape index (κ1) is 14.3. The molecular weight excluding hydrogens is 274 g/mol. The molecule has 120 valence electrons. The fraction of sp³-hybridized carbons (Fsp3) is 0.737. The predicted octanol–water partition coefficient (Wildman–Crippen LogP) is 4.39. The van der Waals surface area contributed by atoms with Gasteiger partial charge in [0.05, 0.1) is 6.26 Å². The molecular formula is C19H27NO2. The lowest BCUT2D eigenvalue weighted by atomic mass is 9.47. The molecule has 4 saturated carbocycles. The van der Waals surface area contributed by atoms with Gasteiger partial charge in [0, 0.05) is 6.04 Å². The molecule has 1 amide bonds. The lowest BCUT2D eigenvalue weighted by Crippen LogP contribution is -2.56. The van der Waals surface area contributed by atoms with E-state index >= 15 is 0 Å². The largest absolute Gasteiger partial charge is 0.459 e. The van der Waals surface area contributed by atoms with Crippen molar-refractivity contribution in [1.29, 1.82) is 0 Å². The van der Waals surface area contributed by atoms with E-state index in [4.69, 9.17) is 4.42 Å². The smallest absolute Gasteiger partial charge is 0.287 e. The van der Waals surface area contributed by atoms with E-state index in [1.165, 1.54) is 38.5 Å². The quantitative estimate of drug-likeness (QED) is 0.876. The van der Waals surface area contributed by atoms with Crippen molar-refractivity contribution in [3.63, 3.8) is 0 Å². The second kappa shape index (κ2) is 5.43. The average molecular weight is 301 g/mol. The van der Waals surface area contributed by atoms with Crippen molar-refractivity contribution >= 4 is 5.91 Å². The number of carbonyl (C=O) groups is 1. The topological polar surface area (TPSA) is 42.2 Å². The van der Waals surface area contributed by atoms with E-state index in [0.717, 1.165) is 30.6 Å². The maximum atomic E-state index is 12.5. The minimum absolute atomic E-state index is 0.0285. The first-order valence-electron chi connectivity index (χ1n) is 9.03. The Bertz CT molecular complexity index is 498. The summed E-state index contributed by atoms with van der Waals surface area (Å²) in [6.07, 6.45) is 12.2. The van der Waals surface area contributed by atoms with Crippen LogP contribution >= 0.6 is 0 Å². The van der Waals surface area contributed by atoms with Crippen LogP contribution in [0.3, 0.4) is 0 Å². The summed E-state index contributed by atoms with van der Waals surface area (Å²) < 4.78 is 5.28. The van der Waals surface area contributed by atoms with Crippen LogP contribution in [0.1, 0.15) is 68.8 Å². The molecule has 1 N–H and O–H groups in total. The molecule has 5 rings (SSSR count). The molecule has 3 nitrogen and oxygen atoms in total. The Hall–Kier alpha value is -1.25. The van der Waals surface area contributed by atoms with Gasteiger partial charge >= 0.3 is 0 Å². The van der Waals surface area contributed by atoms with Gasteiger partial charge in [0.2, 0.25) is 0 Å². The summed E-state index contributed by atoms with van der Waals surface area (Å²) in [6.45, 7) is 2.23. The van der Waals surface area contributed by atoms with E-state index in [0.29, 0.717) is 17.2 Å². The van der Waals surface area contributed by atoms with Crippen molar-refractivity contribution in [3.8, 4) is 0 Å². The lowest BCUT2D eigenvalue weighted by Gasteiger charge is -2.59. The zero-order valence-electron chi connectivity index (χ0n) is 13.5. The highest BCUT2D eigenvalue weighted by molar-refractivity contribution is 5.91. The molecule has 3 heteroatoms. The van der Waals surface area contributed by atoms with E-state index in [9.17, 15) is 4.79 Å². The second-order valence-electron chi connectivity index (χ2n) is 8.07. The molecule has 4 fully saturated rings. The Kier molecular flexibility index (Phi) is 3.54. The maximum absolute atomic E-state index is 12.5. The fourth-order valence-electron chi connectivity index (χ4n) is 6.06. The van der Waals surface area contributed by atoms with Crippen LogP contribution in [0.2, 0.25) is 0 Å². The van der Waals surface area contributed by atoms with Crippen molar-refractivity contribution in [1.82, 2.24) is 5.32 Å². The zero-order chi connectivity index (χ0) is 15.2. The van der Waals surface area contributed by atoms with Crippen LogP contribution in [0, 0.1) is 23.2 Å². The number of furan rings is 1. The van der Waals surface area contributed by atoms with E-state index < -0.39 is 0 Å². The third kappa shape index (κ3) is 2.39. The minimum Gasteiger partial charge on any atom is -0.459 e. The Morgan fingerprint density at radius 1 is 1.27 bits per heavy atom. The standard InChI is InChI=1S/C19H27NO2/c1-2-4-17(20-18(21)16-5-3-6-22-16)19-10-13-7-14(11-19)9-15(8-13)12-19/h3,5-6,13-15,17H,2,4,7-12H2,1H3,(H,20,21). The van der Waals surface area contributed by atoms with Gasteiger partial charge in [-0.3, -0.25) is 4.79 Å². The second-order valence-corrected chi connectivity index (χ2v) is 8.07. The van der Waals surface area contributed by atoms with Gasteiger partial charge in [-0.05, 0) is 80.2 Å². The third-order valence-corrected chi connectivity index (χ3v) is 6.45. The fourth-order valence-corrected chi connectivity index (χ4v) is 6.06. The number of carbonyl (C=O) groups excluding carboxylic acids is 1. The van der Waals surface area contributed by atoms with Gasteiger partial charge in [-0.25, -0.2) is 0 Å². The van der Waals surface area contributed by atoms with E-state index in [1.54, 1.807) is 18.4 Å². The molecule has 1 aromatic rings. The number of nitrogens with one attached hydrogen (secondary N) is 1. The highest BCUT2D eigenvalue weighted by Gasteiger charge is 2.54. The number of amides is 1. The molecule has 4 bridgehead atoms. The molecule has 1 atom stereocenters. The van der Waals surface area contributed by atoms with Crippen molar-refractivity contribution in [3.05, 3.63) is 24.2 Å². The summed E-state index contributed by atoms with van der Waals surface area (Å²) in [7, 11) is 0. The predicted molar refractivity (Wildman–Crippen MR) is 85.5 cm³/mol. The Morgan fingerprint density at radius 3 is 2.41 bits per heavy atom. The highest BCUT2D eigenvalue weighted by Crippen LogP contribution is 2.61. The van der Waals surface area contributed by atoms with E-state index in [2.05, 4.69) is 12.2 Å².